The highest BCUT2D eigenvalue weighted by molar-refractivity contribution is 6.29. The Morgan fingerprint density at radius 2 is 2.38 bits per heavy atom. The molecule has 0 aromatic carbocycles. The topological polar surface area (TPSA) is 48.5 Å². The first-order valence-electron chi connectivity index (χ1n) is 3.77. The lowest BCUT2D eigenvalue weighted by atomic mass is 10.6. The summed E-state index contributed by atoms with van der Waals surface area (Å²) in [4.78, 5) is 4.07. The van der Waals surface area contributed by atoms with E-state index in [-0.39, 0.29) is 0 Å². The van der Waals surface area contributed by atoms with Gasteiger partial charge in [-0.25, -0.2) is 4.98 Å². The van der Waals surface area contributed by atoms with E-state index in [4.69, 9.17) is 11.6 Å². The molecule has 0 aliphatic heterocycles. The molecule has 0 unspecified atom stereocenters. The number of aryl methyl sites for hydroxylation is 1. The fraction of sp³-hybridized carbons (Fsp3) is 0.286. The number of halogens is 1. The van der Waals surface area contributed by atoms with E-state index in [0.717, 1.165) is 5.82 Å². The smallest absolute Gasteiger partial charge is 0.151 e. The minimum Gasteiger partial charge on any atom is -0.264 e. The molecular weight excluding hydrogens is 190 g/mol. The Balaban J connectivity index is 2.19. The fourth-order valence-corrected chi connectivity index (χ4v) is 1.19. The van der Waals surface area contributed by atoms with Crippen LogP contribution in [0.3, 0.4) is 0 Å². The molecule has 0 saturated carbocycles. The minimum absolute atomic E-state index is 0.488. The highest BCUT2D eigenvalue weighted by Crippen LogP contribution is 2.03. The molecule has 0 saturated heterocycles. The number of aromatic nitrogens is 5. The quantitative estimate of drug-likeness (QED) is 0.713. The predicted molar refractivity (Wildman–Crippen MR) is 47.3 cm³/mol. The van der Waals surface area contributed by atoms with Crippen LogP contribution in [-0.4, -0.2) is 24.5 Å². The molecule has 0 atom stereocenters. The summed E-state index contributed by atoms with van der Waals surface area (Å²) in [6, 6.07) is 1.73. The van der Waals surface area contributed by atoms with Crippen molar-refractivity contribution in [3.63, 3.8) is 0 Å². The molecule has 2 aromatic heterocycles. The number of hydrogen-bond acceptors (Lipinski definition) is 3. The van der Waals surface area contributed by atoms with Gasteiger partial charge < -0.3 is 0 Å². The maximum atomic E-state index is 5.67. The molecule has 0 aliphatic rings. The summed E-state index contributed by atoms with van der Waals surface area (Å²) >= 11 is 5.67. The van der Waals surface area contributed by atoms with E-state index < -0.39 is 0 Å². The zero-order chi connectivity index (χ0) is 9.26. The molecule has 2 rings (SSSR count). The van der Waals surface area contributed by atoms with Crippen LogP contribution >= 0.6 is 11.6 Å². The summed E-state index contributed by atoms with van der Waals surface area (Å²) in [6.45, 7) is 0.587. The second kappa shape index (κ2) is 3.18. The number of hydrogen-bond donors (Lipinski definition) is 0. The molecule has 0 N–H and O–H groups in total. The van der Waals surface area contributed by atoms with Gasteiger partial charge in [-0.1, -0.05) is 11.6 Å². The van der Waals surface area contributed by atoms with Gasteiger partial charge in [-0.05, 0) is 6.07 Å². The third-order valence-electron chi connectivity index (χ3n) is 1.72. The normalized spacial score (nSPS) is 10.6. The van der Waals surface area contributed by atoms with Crippen LogP contribution in [0.5, 0.6) is 0 Å². The predicted octanol–water partition coefficient (Wildman–Crippen LogP) is 0.713. The third kappa shape index (κ3) is 1.70. The standard InChI is InChI=1S/C7H8ClN5/c1-12-7(9-5-10-12)4-13-3-2-6(8)11-13/h2-3,5H,4H2,1H3. The molecule has 0 bridgehead atoms. The molecule has 5 nitrogen and oxygen atoms in total. The second-order valence-electron chi connectivity index (χ2n) is 2.64. The molecule has 0 spiro atoms. The Morgan fingerprint density at radius 1 is 1.54 bits per heavy atom. The highest BCUT2D eigenvalue weighted by Gasteiger charge is 2.02. The third-order valence-corrected chi connectivity index (χ3v) is 1.92. The van der Waals surface area contributed by atoms with Crippen molar-refractivity contribution in [1.82, 2.24) is 24.5 Å². The molecule has 13 heavy (non-hydrogen) atoms. The van der Waals surface area contributed by atoms with Gasteiger partial charge in [0.2, 0.25) is 0 Å². The van der Waals surface area contributed by atoms with Crippen LogP contribution < -0.4 is 0 Å². The molecule has 2 heterocycles. The van der Waals surface area contributed by atoms with E-state index in [1.165, 1.54) is 6.33 Å². The Hall–Kier alpha value is -1.36. The first-order valence-corrected chi connectivity index (χ1v) is 4.15. The van der Waals surface area contributed by atoms with Crippen molar-refractivity contribution in [2.45, 2.75) is 6.54 Å². The van der Waals surface area contributed by atoms with E-state index in [9.17, 15) is 0 Å². The Labute approximate surface area is 80.0 Å². The summed E-state index contributed by atoms with van der Waals surface area (Å²) in [6.07, 6.45) is 3.32. The number of nitrogens with zero attached hydrogens (tertiary/aromatic N) is 5. The lowest BCUT2D eigenvalue weighted by Gasteiger charge is -1.99. The van der Waals surface area contributed by atoms with Crippen LogP contribution in [0.25, 0.3) is 0 Å². The van der Waals surface area contributed by atoms with E-state index in [0.29, 0.717) is 11.7 Å². The zero-order valence-electron chi connectivity index (χ0n) is 7.05. The van der Waals surface area contributed by atoms with Crippen LogP contribution in [0.4, 0.5) is 0 Å². The first-order chi connectivity index (χ1) is 6.25. The van der Waals surface area contributed by atoms with Crippen LogP contribution in [-0.2, 0) is 13.6 Å². The minimum atomic E-state index is 0.488. The van der Waals surface area contributed by atoms with Gasteiger partial charge in [0.25, 0.3) is 0 Å². The average molecular weight is 198 g/mol. The van der Waals surface area contributed by atoms with Gasteiger partial charge in [0, 0.05) is 13.2 Å². The molecular formula is C7H8ClN5. The molecule has 0 radical (unpaired) electrons. The second-order valence-corrected chi connectivity index (χ2v) is 3.02. The Morgan fingerprint density at radius 3 is 2.92 bits per heavy atom. The van der Waals surface area contributed by atoms with Gasteiger partial charge >= 0.3 is 0 Å². The van der Waals surface area contributed by atoms with E-state index >= 15 is 0 Å². The maximum Gasteiger partial charge on any atom is 0.151 e. The SMILES string of the molecule is Cn1ncnc1Cn1ccc(Cl)n1. The summed E-state index contributed by atoms with van der Waals surface area (Å²) < 4.78 is 3.42. The maximum absolute atomic E-state index is 5.67. The summed E-state index contributed by atoms with van der Waals surface area (Å²) in [5.74, 6) is 0.847. The van der Waals surface area contributed by atoms with E-state index in [2.05, 4.69) is 15.2 Å². The summed E-state index contributed by atoms with van der Waals surface area (Å²) in [7, 11) is 1.84. The molecule has 0 amide bonds. The first kappa shape index (κ1) is 8.25. The van der Waals surface area contributed by atoms with Crippen LogP contribution in [0.2, 0.25) is 5.15 Å². The molecule has 68 valence electrons. The van der Waals surface area contributed by atoms with Crippen molar-refractivity contribution < 1.29 is 0 Å². The van der Waals surface area contributed by atoms with Crippen molar-refractivity contribution in [2.24, 2.45) is 7.05 Å². The molecule has 6 heteroatoms. The van der Waals surface area contributed by atoms with Crippen molar-refractivity contribution >= 4 is 11.6 Å². The van der Waals surface area contributed by atoms with Gasteiger partial charge in [0.1, 0.15) is 18.7 Å². The van der Waals surface area contributed by atoms with Crippen molar-refractivity contribution in [1.29, 1.82) is 0 Å². The van der Waals surface area contributed by atoms with Gasteiger partial charge in [-0.2, -0.15) is 10.2 Å². The molecule has 0 aliphatic carbocycles. The highest BCUT2D eigenvalue weighted by atomic mass is 35.5. The lowest BCUT2D eigenvalue weighted by Crippen LogP contribution is -2.07. The van der Waals surface area contributed by atoms with Crippen molar-refractivity contribution in [2.75, 3.05) is 0 Å². The largest absolute Gasteiger partial charge is 0.264 e. The van der Waals surface area contributed by atoms with Crippen LogP contribution in [0.15, 0.2) is 18.6 Å². The van der Waals surface area contributed by atoms with E-state index in [1.807, 2.05) is 7.05 Å². The lowest BCUT2D eigenvalue weighted by molar-refractivity contribution is 0.608. The number of rotatable bonds is 2. The van der Waals surface area contributed by atoms with Crippen molar-refractivity contribution in [3.8, 4) is 0 Å². The fourth-order valence-electron chi connectivity index (χ4n) is 1.03. The molecule has 0 fully saturated rings. The molecule has 2 aromatic rings. The van der Waals surface area contributed by atoms with Crippen LogP contribution in [0, 0.1) is 0 Å². The van der Waals surface area contributed by atoms with Gasteiger partial charge in [0.15, 0.2) is 5.15 Å². The monoisotopic (exact) mass is 197 g/mol. The van der Waals surface area contributed by atoms with Crippen molar-refractivity contribution in [3.05, 3.63) is 29.6 Å². The van der Waals surface area contributed by atoms with Gasteiger partial charge in [0.05, 0.1) is 0 Å². The summed E-state index contributed by atoms with van der Waals surface area (Å²) in [5, 5.41) is 8.47. The van der Waals surface area contributed by atoms with Crippen LogP contribution in [0.1, 0.15) is 5.82 Å². The zero-order valence-corrected chi connectivity index (χ0v) is 7.81. The van der Waals surface area contributed by atoms with Gasteiger partial charge in [-0.15, -0.1) is 0 Å². The average Bonchev–Trinajstić information content (AvgIpc) is 2.64. The van der Waals surface area contributed by atoms with E-state index in [1.54, 1.807) is 21.6 Å². The van der Waals surface area contributed by atoms with Gasteiger partial charge in [-0.3, -0.25) is 9.36 Å². The Bertz CT molecular complexity index is 404. The summed E-state index contributed by atoms with van der Waals surface area (Å²) in [5.41, 5.74) is 0. The Kier molecular flexibility index (Phi) is 2.02.